The van der Waals surface area contributed by atoms with Crippen LogP contribution >= 0.6 is 0 Å². The molecule has 1 aliphatic carbocycles. The lowest BCUT2D eigenvalue weighted by atomic mass is 10.2. The van der Waals surface area contributed by atoms with E-state index in [-0.39, 0.29) is 23.4 Å². The van der Waals surface area contributed by atoms with Gasteiger partial charge in [0.1, 0.15) is 6.10 Å². The van der Waals surface area contributed by atoms with E-state index in [1.165, 1.54) is 0 Å². The third-order valence-corrected chi connectivity index (χ3v) is 12.0. The van der Waals surface area contributed by atoms with Gasteiger partial charge in [0.05, 0.1) is 22.0 Å². The lowest BCUT2D eigenvalue weighted by Crippen LogP contribution is -2.43. The van der Waals surface area contributed by atoms with Crippen LogP contribution in [0.1, 0.15) is 33.6 Å². The lowest BCUT2D eigenvalue weighted by Gasteiger charge is -2.38. The summed E-state index contributed by atoms with van der Waals surface area (Å²) >= 11 is 0. The summed E-state index contributed by atoms with van der Waals surface area (Å²) in [6.45, 7) is 11.0. The van der Waals surface area contributed by atoms with Crippen LogP contribution in [0.5, 0.6) is 0 Å². The molecule has 1 aromatic carbocycles. The van der Waals surface area contributed by atoms with Gasteiger partial charge in [0.25, 0.3) is 0 Å². The summed E-state index contributed by atoms with van der Waals surface area (Å²) in [5.41, 5.74) is 0. The Hall–Kier alpha value is -0.953. The molecule has 4 nitrogen and oxygen atoms in total. The summed E-state index contributed by atoms with van der Waals surface area (Å²) in [6.07, 6.45) is 3.01. The van der Waals surface area contributed by atoms with Crippen LogP contribution in [-0.4, -0.2) is 35.0 Å². The maximum atomic E-state index is 13.1. The fourth-order valence-electron chi connectivity index (χ4n) is 2.93. The van der Waals surface area contributed by atoms with Gasteiger partial charge in [-0.2, -0.15) is 0 Å². The fourth-order valence-corrected chi connectivity index (χ4v) is 5.86. The SMILES string of the molecule is CC(C)(C)[Si](C)(C)O[C@@H]1C=C(S(=O)(=O)c2ccccc2)[C@@H]2O[C@@H]2CC1. The van der Waals surface area contributed by atoms with Crippen LogP contribution in [0.4, 0.5) is 0 Å². The Morgan fingerprint density at radius 2 is 1.76 bits per heavy atom. The topological polar surface area (TPSA) is 55.9 Å². The van der Waals surface area contributed by atoms with Crippen LogP contribution in [0.15, 0.2) is 46.2 Å². The van der Waals surface area contributed by atoms with Gasteiger partial charge >= 0.3 is 0 Å². The van der Waals surface area contributed by atoms with Crippen molar-refractivity contribution in [1.29, 1.82) is 0 Å². The summed E-state index contributed by atoms with van der Waals surface area (Å²) in [5, 5.41) is 0.0883. The van der Waals surface area contributed by atoms with Crippen molar-refractivity contribution in [1.82, 2.24) is 0 Å². The number of sulfone groups is 1. The van der Waals surface area contributed by atoms with E-state index in [0.717, 1.165) is 12.8 Å². The Morgan fingerprint density at radius 1 is 1.12 bits per heavy atom. The van der Waals surface area contributed by atoms with E-state index in [0.29, 0.717) is 9.80 Å². The molecule has 0 N–H and O–H groups in total. The molecule has 1 aliphatic heterocycles. The van der Waals surface area contributed by atoms with E-state index in [9.17, 15) is 8.42 Å². The zero-order chi connectivity index (χ0) is 18.5. The molecule has 0 amide bonds. The summed E-state index contributed by atoms with van der Waals surface area (Å²) in [6, 6.07) is 8.60. The van der Waals surface area contributed by atoms with Crippen molar-refractivity contribution in [2.75, 3.05) is 0 Å². The first-order chi connectivity index (χ1) is 11.5. The van der Waals surface area contributed by atoms with Gasteiger partial charge < -0.3 is 9.16 Å². The fraction of sp³-hybridized carbons (Fsp3) is 0.579. The minimum absolute atomic E-state index is 0.0118. The molecule has 1 aromatic rings. The van der Waals surface area contributed by atoms with Crippen LogP contribution < -0.4 is 0 Å². The van der Waals surface area contributed by atoms with E-state index in [1.807, 2.05) is 12.1 Å². The predicted molar refractivity (Wildman–Crippen MR) is 102 cm³/mol. The number of hydrogen-bond acceptors (Lipinski definition) is 4. The predicted octanol–water partition coefficient (Wildman–Crippen LogP) is 4.30. The third kappa shape index (κ3) is 3.77. The van der Waals surface area contributed by atoms with Gasteiger partial charge in [-0.25, -0.2) is 8.42 Å². The summed E-state index contributed by atoms with van der Waals surface area (Å²) in [4.78, 5) is 0.702. The molecular weight excluding hydrogens is 352 g/mol. The maximum absolute atomic E-state index is 13.1. The molecule has 1 heterocycles. The van der Waals surface area contributed by atoms with Gasteiger partial charge in [0, 0.05) is 0 Å². The van der Waals surface area contributed by atoms with E-state index >= 15 is 0 Å². The first-order valence-corrected chi connectivity index (χ1v) is 13.3. The Morgan fingerprint density at radius 3 is 2.36 bits per heavy atom. The highest BCUT2D eigenvalue weighted by molar-refractivity contribution is 7.95. The van der Waals surface area contributed by atoms with Crippen molar-refractivity contribution in [3.63, 3.8) is 0 Å². The highest BCUT2D eigenvalue weighted by Gasteiger charge is 2.49. The second-order valence-corrected chi connectivity index (χ2v) is 15.2. The molecule has 0 bridgehead atoms. The molecule has 138 valence electrons. The molecule has 0 aromatic heterocycles. The van der Waals surface area contributed by atoms with Crippen molar-refractivity contribution >= 4 is 18.2 Å². The van der Waals surface area contributed by atoms with E-state index in [1.54, 1.807) is 24.3 Å². The zero-order valence-corrected chi connectivity index (χ0v) is 17.5. The number of epoxide rings is 1. The number of rotatable bonds is 4. The highest BCUT2D eigenvalue weighted by atomic mass is 32.2. The second-order valence-electron chi connectivity index (χ2n) is 8.47. The van der Waals surface area contributed by atoms with E-state index in [2.05, 4.69) is 33.9 Å². The minimum atomic E-state index is -3.55. The Labute approximate surface area is 152 Å². The van der Waals surface area contributed by atoms with Crippen LogP contribution in [-0.2, 0) is 19.0 Å². The second kappa shape index (κ2) is 6.34. The van der Waals surface area contributed by atoms with Gasteiger partial charge in [-0.05, 0) is 49.2 Å². The summed E-state index contributed by atoms with van der Waals surface area (Å²) in [5.74, 6) is 0. The standard InChI is InChI=1S/C19H28O4SSi/c1-19(2,3)25(4,5)23-14-11-12-16-18(22-16)17(13-14)24(20,21)15-9-7-6-8-10-15/h6-10,13-14,16,18H,11-12H2,1-5H3/t14-,16+,18+/m0/s1. The highest BCUT2D eigenvalue weighted by Crippen LogP contribution is 2.43. The zero-order valence-electron chi connectivity index (χ0n) is 15.7. The Kier molecular flexibility index (Phi) is 4.77. The van der Waals surface area contributed by atoms with Crippen molar-refractivity contribution in [3.8, 4) is 0 Å². The molecule has 0 unspecified atom stereocenters. The van der Waals surface area contributed by atoms with Gasteiger partial charge in [0.2, 0.25) is 9.84 Å². The Balaban J connectivity index is 1.93. The van der Waals surface area contributed by atoms with Gasteiger partial charge in [-0.3, -0.25) is 0 Å². The molecular formula is C19H28O4SSi. The quantitative estimate of drug-likeness (QED) is 0.577. The molecule has 1 saturated heterocycles. The van der Waals surface area contributed by atoms with Crippen LogP contribution in [0.25, 0.3) is 0 Å². The van der Waals surface area contributed by atoms with Crippen LogP contribution in [0.3, 0.4) is 0 Å². The molecule has 0 radical (unpaired) electrons. The van der Waals surface area contributed by atoms with Crippen molar-refractivity contribution in [2.24, 2.45) is 0 Å². The molecule has 3 rings (SSSR count). The van der Waals surface area contributed by atoms with E-state index in [4.69, 9.17) is 9.16 Å². The first-order valence-electron chi connectivity index (χ1n) is 8.87. The molecule has 2 aliphatic rings. The summed E-state index contributed by atoms with van der Waals surface area (Å²) < 4.78 is 38.3. The third-order valence-electron chi connectivity index (χ3n) is 5.56. The van der Waals surface area contributed by atoms with Crippen LogP contribution in [0.2, 0.25) is 18.1 Å². The van der Waals surface area contributed by atoms with E-state index < -0.39 is 18.2 Å². The number of fused-ring (bicyclic) bond motifs is 1. The van der Waals surface area contributed by atoms with Gasteiger partial charge in [-0.1, -0.05) is 39.0 Å². The molecule has 0 saturated carbocycles. The van der Waals surface area contributed by atoms with Gasteiger partial charge in [0.15, 0.2) is 8.32 Å². The number of ether oxygens (including phenoxy) is 1. The average Bonchev–Trinajstić information content (AvgIpc) is 3.28. The molecule has 0 spiro atoms. The molecule has 3 atom stereocenters. The normalized spacial score (nSPS) is 27.2. The molecule has 25 heavy (non-hydrogen) atoms. The van der Waals surface area contributed by atoms with Crippen LogP contribution in [0, 0.1) is 0 Å². The Bertz CT molecular complexity index is 762. The maximum Gasteiger partial charge on any atom is 0.205 e. The lowest BCUT2D eigenvalue weighted by molar-refractivity contribution is 0.204. The molecule has 6 heteroatoms. The van der Waals surface area contributed by atoms with Crippen molar-refractivity contribution in [3.05, 3.63) is 41.3 Å². The van der Waals surface area contributed by atoms with Gasteiger partial charge in [-0.15, -0.1) is 0 Å². The molecule has 1 fully saturated rings. The largest absolute Gasteiger partial charge is 0.411 e. The summed E-state index contributed by atoms with van der Waals surface area (Å²) in [7, 11) is -5.52. The monoisotopic (exact) mass is 380 g/mol. The van der Waals surface area contributed by atoms with Crippen molar-refractivity contribution < 1.29 is 17.6 Å². The minimum Gasteiger partial charge on any atom is -0.411 e. The average molecular weight is 381 g/mol. The number of hydrogen-bond donors (Lipinski definition) is 0. The first kappa shape index (κ1) is 18.8. The number of benzene rings is 1. The van der Waals surface area contributed by atoms with Crippen molar-refractivity contribution in [2.45, 2.75) is 75.0 Å². The smallest absolute Gasteiger partial charge is 0.205 e.